The van der Waals surface area contributed by atoms with Crippen molar-refractivity contribution in [1.29, 1.82) is 0 Å². The van der Waals surface area contributed by atoms with Crippen LogP contribution in [0.25, 0.3) is 0 Å². The number of hydrogen-bond donors (Lipinski definition) is 2. The summed E-state index contributed by atoms with van der Waals surface area (Å²) in [5.74, 6) is 0. The van der Waals surface area contributed by atoms with Crippen molar-refractivity contribution in [1.82, 2.24) is 15.2 Å². The van der Waals surface area contributed by atoms with Gasteiger partial charge in [-0.2, -0.15) is 0 Å². The van der Waals surface area contributed by atoms with Crippen molar-refractivity contribution in [2.24, 2.45) is 0 Å². The molecule has 0 radical (unpaired) electrons. The standard InChI is InChI=1S/C16H25N3O/c1-12(11-19-9-2-3-10-19)17-14-5-4-6-15-13(14)7-8-16(20)18-15/h7-8,12,14,17H,2-6,9-11H2,1H3,(H,18,20). The fourth-order valence-electron chi connectivity index (χ4n) is 3.62. The van der Waals surface area contributed by atoms with Crippen molar-refractivity contribution < 1.29 is 0 Å². The monoisotopic (exact) mass is 275 g/mol. The molecule has 1 fully saturated rings. The number of likely N-dealkylation sites (tertiary alicyclic amines) is 1. The lowest BCUT2D eigenvalue weighted by atomic mass is 9.91. The molecule has 0 aromatic carbocycles. The average Bonchev–Trinajstić information content (AvgIpc) is 2.91. The van der Waals surface area contributed by atoms with Crippen molar-refractivity contribution in [2.45, 2.75) is 51.1 Å². The lowest BCUT2D eigenvalue weighted by Crippen LogP contribution is -2.41. The van der Waals surface area contributed by atoms with E-state index >= 15 is 0 Å². The number of aryl methyl sites for hydroxylation is 1. The van der Waals surface area contributed by atoms with Gasteiger partial charge in [0.25, 0.3) is 0 Å². The van der Waals surface area contributed by atoms with Crippen LogP contribution in [-0.2, 0) is 6.42 Å². The predicted molar refractivity (Wildman–Crippen MR) is 81.0 cm³/mol. The second kappa shape index (κ2) is 6.10. The van der Waals surface area contributed by atoms with Gasteiger partial charge in [-0.1, -0.05) is 6.07 Å². The highest BCUT2D eigenvalue weighted by Gasteiger charge is 2.23. The number of rotatable bonds is 4. The maximum atomic E-state index is 11.4. The van der Waals surface area contributed by atoms with Crippen molar-refractivity contribution in [2.75, 3.05) is 19.6 Å². The first-order valence-corrected chi connectivity index (χ1v) is 7.93. The minimum atomic E-state index is 0.0227. The van der Waals surface area contributed by atoms with Crippen LogP contribution in [-0.4, -0.2) is 35.6 Å². The quantitative estimate of drug-likeness (QED) is 0.881. The van der Waals surface area contributed by atoms with Crippen molar-refractivity contribution in [3.05, 3.63) is 33.7 Å². The molecule has 3 rings (SSSR count). The highest BCUT2D eigenvalue weighted by molar-refractivity contribution is 5.26. The number of aromatic nitrogens is 1. The lowest BCUT2D eigenvalue weighted by molar-refractivity contribution is 0.279. The second-order valence-corrected chi connectivity index (χ2v) is 6.28. The Labute approximate surface area is 120 Å². The Morgan fingerprint density at radius 3 is 2.95 bits per heavy atom. The third kappa shape index (κ3) is 3.13. The van der Waals surface area contributed by atoms with Gasteiger partial charge in [0, 0.05) is 30.4 Å². The van der Waals surface area contributed by atoms with Crippen molar-refractivity contribution >= 4 is 0 Å². The van der Waals surface area contributed by atoms with E-state index in [0.29, 0.717) is 12.1 Å². The topological polar surface area (TPSA) is 48.1 Å². The average molecular weight is 275 g/mol. The molecule has 0 saturated carbocycles. The molecule has 1 saturated heterocycles. The van der Waals surface area contributed by atoms with Crippen molar-refractivity contribution in [3.63, 3.8) is 0 Å². The van der Waals surface area contributed by atoms with E-state index in [4.69, 9.17) is 0 Å². The minimum Gasteiger partial charge on any atom is -0.326 e. The molecule has 20 heavy (non-hydrogen) atoms. The number of H-pyrrole nitrogens is 1. The Bertz CT molecular complexity index is 505. The van der Waals surface area contributed by atoms with Gasteiger partial charge in [0.1, 0.15) is 0 Å². The Balaban J connectivity index is 1.64. The molecule has 0 spiro atoms. The Morgan fingerprint density at radius 1 is 1.35 bits per heavy atom. The normalized spacial score (nSPS) is 24.6. The smallest absolute Gasteiger partial charge is 0.248 e. The SMILES string of the molecule is CC(CN1CCCC1)NC1CCCc2[nH]c(=O)ccc21. The number of hydrogen-bond acceptors (Lipinski definition) is 3. The summed E-state index contributed by atoms with van der Waals surface area (Å²) in [6.45, 7) is 5.91. The van der Waals surface area contributed by atoms with Crippen LogP contribution in [0.3, 0.4) is 0 Å². The summed E-state index contributed by atoms with van der Waals surface area (Å²) in [6, 6.07) is 4.56. The summed E-state index contributed by atoms with van der Waals surface area (Å²) in [5, 5.41) is 3.76. The fourth-order valence-corrected chi connectivity index (χ4v) is 3.62. The Morgan fingerprint density at radius 2 is 2.15 bits per heavy atom. The zero-order valence-corrected chi connectivity index (χ0v) is 12.3. The molecule has 2 unspecified atom stereocenters. The molecule has 110 valence electrons. The van der Waals surface area contributed by atoms with Crippen LogP contribution in [0.15, 0.2) is 16.9 Å². The van der Waals surface area contributed by atoms with Crippen LogP contribution in [0.5, 0.6) is 0 Å². The molecular formula is C16H25N3O. The number of nitrogens with one attached hydrogen (secondary N) is 2. The molecule has 0 bridgehead atoms. The third-order valence-corrected chi connectivity index (χ3v) is 4.55. The van der Waals surface area contributed by atoms with Gasteiger partial charge < -0.3 is 15.2 Å². The van der Waals surface area contributed by atoms with Crippen LogP contribution in [0.4, 0.5) is 0 Å². The van der Waals surface area contributed by atoms with Gasteiger partial charge in [0.15, 0.2) is 0 Å². The highest BCUT2D eigenvalue weighted by atomic mass is 16.1. The van der Waals surface area contributed by atoms with Gasteiger partial charge in [-0.3, -0.25) is 4.79 Å². The van der Waals surface area contributed by atoms with E-state index in [1.807, 2.05) is 6.07 Å². The number of pyridine rings is 1. The van der Waals surface area contributed by atoms with E-state index in [0.717, 1.165) is 25.1 Å². The molecule has 1 aliphatic heterocycles. The molecule has 0 amide bonds. The van der Waals surface area contributed by atoms with Gasteiger partial charge >= 0.3 is 0 Å². The third-order valence-electron chi connectivity index (χ3n) is 4.55. The summed E-state index contributed by atoms with van der Waals surface area (Å²) in [5.41, 5.74) is 2.45. The van der Waals surface area contributed by atoms with Crippen molar-refractivity contribution in [3.8, 4) is 0 Å². The van der Waals surface area contributed by atoms with Gasteiger partial charge in [-0.15, -0.1) is 0 Å². The van der Waals surface area contributed by atoms with E-state index in [2.05, 4.69) is 22.1 Å². The number of nitrogens with zero attached hydrogens (tertiary/aromatic N) is 1. The van der Waals surface area contributed by atoms with Crippen LogP contribution in [0.1, 0.15) is 49.9 Å². The van der Waals surface area contributed by atoms with E-state index in [1.54, 1.807) is 6.07 Å². The van der Waals surface area contributed by atoms with E-state index in [1.165, 1.54) is 37.9 Å². The van der Waals surface area contributed by atoms with Gasteiger partial charge in [0.2, 0.25) is 5.56 Å². The van der Waals surface area contributed by atoms with E-state index < -0.39 is 0 Å². The summed E-state index contributed by atoms with van der Waals surface area (Å²) >= 11 is 0. The first-order valence-electron chi connectivity index (χ1n) is 7.93. The van der Waals surface area contributed by atoms with E-state index in [9.17, 15) is 4.79 Å². The van der Waals surface area contributed by atoms with Crippen LogP contribution in [0.2, 0.25) is 0 Å². The zero-order valence-electron chi connectivity index (χ0n) is 12.3. The molecule has 2 atom stereocenters. The molecule has 4 nitrogen and oxygen atoms in total. The summed E-state index contributed by atoms with van der Waals surface area (Å²) in [6.07, 6.45) is 6.02. The first-order chi connectivity index (χ1) is 9.72. The maximum Gasteiger partial charge on any atom is 0.248 e. The van der Waals surface area contributed by atoms with E-state index in [-0.39, 0.29) is 5.56 Å². The Hall–Kier alpha value is -1.13. The molecule has 1 aromatic rings. The molecular weight excluding hydrogens is 250 g/mol. The molecule has 1 aliphatic carbocycles. The molecule has 1 aromatic heterocycles. The summed E-state index contributed by atoms with van der Waals surface area (Å²) in [4.78, 5) is 17.0. The number of fused-ring (bicyclic) bond motifs is 1. The summed E-state index contributed by atoms with van der Waals surface area (Å²) in [7, 11) is 0. The zero-order chi connectivity index (χ0) is 13.9. The fraction of sp³-hybridized carbons (Fsp3) is 0.688. The van der Waals surface area contributed by atoms with Crippen LogP contribution in [0, 0.1) is 0 Å². The Kier molecular flexibility index (Phi) is 4.22. The van der Waals surface area contributed by atoms with Crippen LogP contribution < -0.4 is 10.9 Å². The maximum absolute atomic E-state index is 11.4. The molecule has 2 aliphatic rings. The predicted octanol–water partition coefficient (Wildman–Crippen LogP) is 1.83. The van der Waals surface area contributed by atoms with Crippen LogP contribution >= 0.6 is 0 Å². The number of aromatic amines is 1. The lowest BCUT2D eigenvalue weighted by Gasteiger charge is -2.30. The molecule has 4 heteroatoms. The minimum absolute atomic E-state index is 0.0227. The largest absolute Gasteiger partial charge is 0.326 e. The summed E-state index contributed by atoms with van der Waals surface area (Å²) < 4.78 is 0. The van der Waals surface area contributed by atoms with Gasteiger partial charge in [0.05, 0.1) is 0 Å². The first kappa shape index (κ1) is 13.8. The van der Waals surface area contributed by atoms with Gasteiger partial charge in [-0.25, -0.2) is 0 Å². The molecule has 2 heterocycles. The highest BCUT2D eigenvalue weighted by Crippen LogP contribution is 2.27. The molecule has 2 N–H and O–H groups in total. The van der Waals surface area contributed by atoms with Gasteiger partial charge in [-0.05, 0) is 57.7 Å². The second-order valence-electron chi connectivity index (χ2n) is 6.28.